The average molecular weight is 272 g/mol. The molecule has 112 valence electrons. The Morgan fingerprint density at radius 3 is 2.53 bits per heavy atom. The zero-order chi connectivity index (χ0) is 13.9. The van der Waals surface area contributed by atoms with Crippen molar-refractivity contribution in [3.05, 3.63) is 0 Å². The van der Waals surface area contributed by atoms with E-state index < -0.39 is 5.60 Å². The van der Waals surface area contributed by atoms with Crippen LogP contribution in [0.25, 0.3) is 0 Å². The van der Waals surface area contributed by atoms with Gasteiger partial charge in [-0.05, 0) is 33.2 Å². The Balaban J connectivity index is 1.79. The van der Waals surface area contributed by atoms with Crippen LogP contribution in [0.2, 0.25) is 0 Å². The Hall–Kier alpha value is -0.200. The summed E-state index contributed by atoms with van der Waals surface area (Å²) in [6.45, 7) is 9.43. The molecule has 2 aliphatic rings. The molecule has 0 aromatic heterocycles. The fourth-order valence-corrected chi connectivity index (χ4v) is 3.25. The molecular formula is C14H28N2O3. The largest absolute Gasteiger partial charge is 0.390 e. The number of hydrogen-bond donors (Lipinski definition) is 2. The monoisotopic (exact) mass is 272 g/mol. The SMILES string of the molecule is CC(C)(O)C1CCCN1CC(O)CN1CCOCC1. The van der Waals surface area contributed by atoms with Gasteiger partial charge in [0.2, 0.25) is 0 Å². The predicted octanol–water partition coefficient (Wildman–Crippen LogP) is -0.0852. The molecule has 19 heavy (non-hydrogen) atoms. The molecule has 0 radical (unpaired) electrons. The second-order valence-corrected chi connectivity index (χ2v) is 6.37. The lowest BCUT2D eigenvalue weighted by atomic mass is 9.96. The number of ether oxygens (including phenoxy) is 1. The lowest BCUT2D eigenvalue weighted by Gasteiger charge is -2.36. The van der Waals surface area contributed by atoms with Crippen LogP contribution in [0.15, 0.2) is 0 Å². The van der Waals surface area contributed by atoms with Gasteiger partial charge in [-0.2, -0.15) is 0 Å². The van der Waals surface area contributed by atoms with Crippen molar-refractivity contribution in [2.45, 2.75) is 44.4 Å². The molecule has 2 N–H and O–H groups in total. The van der Waals surface area contributed by atoms with Crippen LogP contribution in [-0.4, -0.2) is 83.7 Å². The first-order valence-corrected chi connectivity index (χ1v) is 7.41. The topological polar surface area (TPSA) is 56.2 Å². The Morgan fingerprint density at radius 2 is 1.89 bits per heavy atom. The summed E-state index contributed by atoms with van der Waals surface area (Å²) in [5.41, 5.74) is -0.685. The number of nitrogens with zero attached hydrogens (tertiary/aromatic N) is 2. The number of aliphatic hydroxyl groups excluding tert-OH is 1. The normalized spacial score (nSPS) is 28.7. The summed E-state index contributed by atoms with van der Waals surface area (Å²) in [7, 11) is 0. The Bertz CT molecular complexity index is 274. The highest BCUT2D eigenvalue weighted by molar-refractivity contribution is 4.91. The van der Waals surface area contributed by atoms with E-state index in [2.05, 4.69) is 9.80 Å². The van der Waals surface area contributed by atoms with Gasteiger partial charge in [0.05, 0.1) is 24.9 Å². The highest BCUT2D eigenvalue weighted by Gasteiger charge is 2.36. The van der Waals surface area contributed by atoms with Gasteiger partial charge in [-0.15, -0.1) is 0 Å². The quantitative estimate of drug-likeness (QED) is 0.733. The van der Waals surface area contributed by atoms with E-state index in [1.54, 1.807) is 0 Å². The first kappa shape index (κ1) is 15.2. The van der Waals surface area contributed by atoms with Gasteiger partial charge < -0.3 is 14.9 Å². The van der Waals surface area contributed by atoms with E-state index in [1.807, 2.05) is 13.8 Å². The molecule has 2 atom stereocenters. The number of likely N-dealkylation sites (tertiary alicyclic amines) is 1. The Labute approximate surface area is 116 Å². The van der Waals surface area contributed by atoms with Crippen molar-refractivity contribution in [1.82, 2.24) is 9.80 Å². The minimum atomic E-state index is -0.685. The van der Waals surface area contributed by atoms with Gasteiger partial charge in [0.1, 0.15) is 0 Å². The highest BCUT2D eigenvalue weighted by Crippen LogP contribution is 2.26. The van der Waals surface area contributed by atoms with E-state index in [9.17, 15) is 10.2 Å². The van der Waals surface area contributed by atoms with Crippen molar-refractivity contribution in [1.29, 1.82) is 0 Å². The fraction of sp³-hybridized carbons (Fsp3) is 1.00. The summed E-state index contributed by atoms with van der Waals surface area (Å²) in [4.78, 5) is 4.49. The molecule has 5 heteroatoms. The predicted molar refractivity (Wildman–Crippen MR) is 74.2 cm³/mol. The molecule has 0 aliphatic carbocycles. The van der Waals surface area contributed by atoms with Gasteiger partial charge in [-0.1, -0.05) is 0 Å². The van der Waals surface area contributed by atoms with Crippen LogP contribution < -0.4 is 0 Å². The van der Waals surface area contributed by atoms with E-state index in [0.717, 1.165) is 45.7 Å². The number of β-amino-alcohol motifs (C(OH)–C–C–N with tert-alkyl or cyclic N) is 1. The number of aliphatic hydroxyl groups is 2. The second-order valence-electron chi connectivity index (χ2n) is 6.37. The summed E-state index contributed by atoms with van der Waals surface area (Å²) in [5.74, 6) is 0. The van der Waals surface area contributed by atoms with Gasteiger partial charge in [0.25, 0.3) is 0 Å². The minimum Gasteiger partial charge on any atom is -0.390 e. The smallest absolute Gasteiger partial charge is 0.0793 e. The molecule has 0 aromatic carbocycles. The second kappa shape index (κ2) is 6.50. The molecule has 0 spiro atoms. The van der Waals surface area contributed by atoms with Crippen LogP contribution in [0.1, 0.15) is 26.7 Å². The molecule has 2 saturated heterocycles. The highest BCUT2D eigenvalue weighted by atomic mass is 16.5. The van der Waals surface area contributed by atoms with Crippen molar-refractivity contribution in [3.63, 3.8) is 0 Å². The molecule has 2 unspecified atom stereocenters. The molecular weight excluding hydrogens is 244 g/mol. The maximum Gasteiger partial charge on any atom is 0.0793 e. The van der Waals surface area contributed by atoms with Crippen LogP contribution in [0.5, 0.6) is 0 Å². The molecule has 0 saturated carbocycles. The van der Waals surface area contributed by atoms with Crippen molar-refractivity contribution < 1.29 is 14.9 Å². The van der Waals surface area contributed by atoms with Crippen LogP contribution in [0.4, 0.5) is 0 Å². The lowest BCUT2D eigenvalue weighted by molar-refractivity contribution is -0.0270. The number of morpholine rings is 1. The molecule has 2 fully saturated rings. The summed E-state index contributed by atoms with van der Waals surface area (Å²) in [6.07, 6.45) is 1.79. The summed E-state index contributed by atoms with van der Waals surface area (Å²) in [5, 5.41) is 20.4. The molecule has 0 bridgehead atoms. The third kappa shape index (κ3) is 4.39. The zero-order valence-electron chi connectivity index (χ0n) is 12.2. The summed E-state index contributed by atoms with van der Waals surface area (Å²) >= 11 is 0. The third-order valence-electron chi connectivity index (χ3n) is 4.20. The lowest BCUT2D eigenvalue weighted by Crippen LogP contribution is -2.50. The molecule has 2 aliphatic heterocycles. The van der Waals surface area contributed by atoms with Gasteiger partial charge in [0.15, 0.2) is 0 Å². The Morgan fingerprint density at radius 1 is 1.21 bits per heavy atom. The van der Waals surface area contributed by atoms with Crippen LogP contribution in [-0.2, 0) is 4.74 Å². The van der Waals surface area contributed by atoms with Crippen LogP contribution in [0, 0.1) is 0 Å². The van der Waals surface area contributed by atoms with Crippen molar-refractivity contribution in [2.24, 2.45) is 0 Å². The van der Waals surface area contributed by atoms with Gasteiger partial charge in [-0.3, -0.25) is 9.80 Å². The van der Waals surface area contributed by atoms with Gasteiger partial charge >= 0.3 is 0 Å². The van der Waals surface area contributed by atoms with Gasteiger partial charge in [0, 0.05) is 32.2 Å². The van der Waals surface area contributed by atoms with E-state index in [-0.39, 0.29) is 12.1 Å². The molecule has 0 aromatic rings. The maximum absolute atomic E-state index is 10.2. The van der Waals surface area contributed by atoms with Crippen molar-refractivity contribution >= 4 is 0 Å². The van der Waals surface area contributed by atoms with Crippen LogP contribution >= 0.6 is 0 Å². The first-order valence-electron chi connectivity index (χ1n) is 7.41. The number of rotatable bonds is 5. The van der Waals surface area contributed by atoms with Crippen molar-refractivity contribution in [3.8, 4) is 0 Å². The molecule has 0 amide bonds. The van der Waals surface area contributed by atoms with E-state index in [0.29, 0.717) is 13.1 Å². The summed E-state index contributed by atoms with van der Waals surface area (Å²) in [6, 6.07) is 0.173. The maximum atomic E-state index is 10.2. The van der Waals surface area contributed by atoms with Gasteiger partial charge in [-0.25, -0.2) is 0 Å². The minimum absolute atomic E-state index is 0.173. The fourth-order valence-electron chi connectivity index (χ4n) is 3.25. The average Bonchev–Trinajstić information content (AvgIpc) is 2.78. The van der Waals surface area contributed by atoms with E-state index >= 15 is 0 Å². The zero-order valence-corrected chi connectivity index (χ0v) is 12.2. The Kier molecular flexibility index (Phi) is 5.20. The molecule has 2 rings (SSSR count). The molecule has 2 heterocycles. The van der Waals surface area contributed by atoms with Crippen molar-refractivity contribution in [2.75, 3.05) is 45.9 Å². The van der Waals surface area contributed by atoms with Crippen LogP contribution in [0.3, 0.4) is 0 Å². The molecule has 5 nitrogen and oxygen atoms in total. The standard InChI is InChI=1S/C14H28N2O3/c1-14(2,18)13-4-3-5-16(13)11-12(17)10-15-6-8-19-9-7-15/h12-13,17-18H,3-11H2,1-2H3. The summed E-state index contributed by atoms with van der Waals surface area (Å²) < 4.78 is 5.31. The third-order valence-corrected chi connectivity index (χ3v) is 4.20. The van der Waals surface area contributed by atoms with E-state index in [4.69, 9.17) is 4.74 Å². The van der Waals surface area contributed by atoms with E-state index in [1.165, 1.54) is 0 Å². The number of hydrogen-bond acceptors (Lipinski definition) is 5. The first-order chi connectivity index (χ1) is 8.97.